The topological polar surface area (TPSA) is 204 Å². The lowest BCUT2D eigenvalue weighted by Gasteiger charge is -2.39. The molecule has 1 atom stereocenters. The van der Waals surface area contributed by atoms with Gasteiger partial charge in [0.15, 0.2) is 11.5 Å². The number of nitrogens with two attached hydrogens (primary N) is 1. The number of imide groups is 1. The molecule has 0 bridgehead atoms. The number of carbonyl (C=O) groups excluding carboxylic acids is 5. The number of aromatic nitrogens is 2. The lowest BCUT2D eigenvalue weighted by Crippen LogP contribution is -2.49. The van der Waals surface area contributed by atoms with Gasteiger partial charge in [0.05, 0.1) is 40.6 Å². The van der Waals surface area contributed by atoms with Gasteiger partial charge in [-0.25, -0.2) is 4.39 Å². The molecule has 2 aromatic carbocycles. The molecule has 3 aliphatic heterocycles. The van der Waals surface area contributed by atoms with E-state index in [1.807, 2.05) is 17.0 Å². The van der Waals surface area contributed by atoms with Crippen LogP contribution in [0.3, 0.4) is 0 Å². The number of piperazine rings is 1. The Morgan fingerprint density at radius 1 is 0.933 bits per heavy atom. The molecule has 1 aliphatic carbocycles. The molecule has 60 heavy (non-hydrogen) atoms. The number of fused-ring (bicyclic) bond motifs is 1. The number of hydrogen-bond donors (Lipinski definition) is 2. The van der Waals surface area contributed by atoms with E-state index in [-0.39, 0.29) is 53.4 Å². The van der Waals surface area contributed by atoms with E-state index >= 15 is 4.39 Å². The molecule has 3 aromatic rings. The number of esters is 1. The highest BCUT2D eigenvalue weighted by atomic mass is 35.5. The van der Waals surface area contributed by atoms with Crippen molar-refractivity contribution in [3.63, 3.8) is 0 Å². The predicted molar refractivity (Wildman–Crippen MR) is 217 cm³/mol. The Hall–Kier alpha value is -5.86. The van der Waals surface area contributed by atoms with Crippen LogP contribution < -0.4 is 25.6 Å². The number of amides is 4. The quantitative estimate of drug-likeness (QED) is 0.186. The van der Waals surface area contributed by atoms with Crippen LogP contribution in [0.2, 0.25) is 5.02 Å². The fourth-order valence-corrected chi connectivity index (χ4v) is 8.69. The summed E-state index contributed by atoms with van der Waals surface area (Å²) in [4.78, 5) is 70.5. The van der Waals surface area contributed by atoms with Crippen LogP contribution in [0.5, 0.6) is 5.75 Å². The number of anilines is 2. The Morgan fingerprint density at radius 3 is 2.25 bits per heavy atom. The number of hydrogen-bond acceptors (Lipinski definition) is 13. The number of ether oxygens (including phenoxy) is 2. The molecule has 18 heteroatoms. The number of nitriles is 1. The average molecular weight is 844 g/mol. The Labute approximate surface area is 351 Å². The van der Waals surface area contributed by atoms with E-state index < -0.39 is 35.5 Å². The minimum atomic E-state index is -1.38. The van der Waals surface area contributed by atoms with Crippen LogP contribution in [-0.4, -0.2) is 121 Å². The molecule has 2 saturated heterocycles. The van der Waals surface area contributed by atoms with Gasteiger partial charge in [0.2, 0.25) is 5.91 Å². The highest BCUT2D eigenvalue weighted by Gasteiger charge is 2.43. The first-order chi connectivity index (χ1) is 28.9. The Bertz CT molecular complexity index is 2160. The number of carbonyl (C=O) groups is 5. The summed E-state index contributed by atoms with van der Waals surface area (Å²) in [5.41, 5.74) is 6.23. The smallest absolute Gasteiger partial charge is 0.305 e. The Balaban J connectivity index is 0.837. The van der Waals surface area contributed by atoms with E-state index in [9.17, 15) is 24.0 Å². The number of piperidine rings is 1. The van der Waals surface area contributed by atoms with E-state index in [0.29, 0.717) is 53.3 Å². The maximum Gasteiger partial charge on any atom is 0.305 e. The van der Waals surface area contributed by atoms with Gasteiger partial charge in [0.1, 0.15) is 23.7 Å². The van der Waals surface area contributed by atoms with Crippen LogP contribution in [0.25, 0.3) is 0 Å². The number of nitrogens with zero attached hydrogens (tertiary/aromatic N) is 7. The molecule has 4 amide bonds. The molecule has 4 heterocycles. The SMILES string of the molecule is COC(=O)CCC(C(N)=O)N1C(=O)c2cc(F)c(N3CCN(CC4CCN(c5ccc(C(=O)N[C@H]6CC[C@H](Oc7ccc(C#N)c(Cl)c7)CC6)nn5)CC4)CC3)cc2C1=O. The molecule has 0 spiro atoms. The third kappa shape index (κ3) is 9.45. The van der Waals surface area contributed by atoms with Gasteiger partial charge in [-0.15, -0.1) is 10.2 Å². The van der Waals surface area contributed by atoms with Gasteiger partial charge in [-0.1, -0.05) is 11.6 Å². The summed E-state index contributed by atoms with van der Waals surface area (Å²) in [5, 5.41) is 21.2. The van der Waals surface area contributed by atoms with E-state index in [4.69, 9.17) is 27.3 Å². The lowest BCUT2D eigenvalue weighted by molar-refractivity contribution is -0.141. The highest BCUT2D eigenvalue weighted by Crippen LogP contribution is 2.33. The number of halogens is 2. The number of primary amides is 1. The molecule has 1 saturated carbocycles. The molecular formula is C42H47ClFN9O7. The van der Waals surface area contributed by atoms with Gasteiger partial charge < -0.3 is 30.3 Å². The van der Waals surface area contributed by atoms with Crippen LogP contribution >= 0.6 is 11.6 Å². The molecule has 4 aliphatic rings. The maximum absolute atomic E-state index is 15.5. The first-order valence-electron chi connectivity index (χ1n) is 20.2. The van der Waals surface area contributed by atoms with Crippen molar-refractivity contribution in [2.45, 2.75) is 69.6 Å². The summed E-state index contributed by atoms with van der Waals surface area (Å²) < 4.78 is 26.2. The monoisotopic (exact) mass is 843 g/mol. The normalized spacial score (nSPS) is 20.3. The van der Waals surface area contributed by atoms with Crippen LogP contribution in [0.15, 0.2) is 42.5 Å². The zero-order chi connectivity index (χ0) is 42.5. The number of benzene rings is 2. The number of methoxy groups -OCH3 is 1. The van der Waals surface area contributed by atoms with Gasteiger partial charge in [0.25, 0.3) is 17.7 Å². The second-order valence-electron chi connectivity index (χ2n) is 15.7. The lowest BCUT2D eigenvalue weighted by atomic mass is 9.93. The summed E-state index contributed by atoms with van der Waals surface area (Å²) in [6.07, 6.45) is 4.53. The van der Waals surface area contributed by atoms with E-state index in [1.165, 1.54) is 13.2 Å². The van der Waals surface area contributed by atoms with E-state index in [1.54, 1.807) is 24.3 Å². The van der Waals surface area contributed by atoms with Crippen LogP contribution in [0.1, 0.15) is 88.1 Å². The van der Waals surface area contributed by atoms with Gasteiger partial charge in [-0.05, 0) is 87.3 Å². The molecule has 3 N–H and O–H groups in total. The fourth-order valence-electron chi connectivity index (χ4n) is 8.48. The Morgan fingerprint density at radius 2 is 1.63 bits per heavy atom. The summed E-state index contributed by atoms with van der Waals surface area (Å²) in [7, 11) is 1.19. The van der Waals surface area contributed by atoms with Crippen LogP contribution in [-0.2, 0) is 14.3 Å². The highest BCUT2D eigenvalue weighted by molar-refractivity contribution is 6.31. The predicted octanol–water partition coefficient (Wildman–Crippen LogP) is 3.70. The number of nitrogens with one attached hydrogen (secondary N) is 1. The third-order valence-corrected chi connectivity index (χ3v) is 12.2. The average Bonchev–Trinajstić information content (AvgIpc) is 3.48. The van der Waals surface area contributed by atoms with Gasteiger partial charge >= 0.3 is 5.97 Å². The fraction of sp³-hybridized carbons (Fsp3) is 0.476. The second-order valence-corrected chi connectivity index (χ2v) is 16.1. The molecule has 1 unspecified atom stereocenters. The molecular weight excluding hydrogens is 797 g/mol. The third-order valence-electron chi connectivity index (χ3n) is 11.9. The molecule has 7 rings (SSSR count). The zero-order valence-electron chi connectivity index (χ0n) is 33.3. The summed E-state index contributed by atoms with van der Waals surface area (Å²) in [5.74, 6) is -2.25. The molecule has 3 fully saturated rings. The van der Waals surface area contributed by atoms with E-state index in [0.717, 1.165) is 70.0 Å². The molecule has 16 nitrogen and oxygen atoms in total. The number of rotatable bonds is 13. The molecule has 316 valence electrons. The van der Waals surface area contributed by atoms with Gasteiger partial charge in [0, 0.05) is 64.3 Å². The van der Waals surface area contributed by atoms with Gasteiger partial charge in [-0.3, -0.25) is 33.8 Å². The second kappa shape index (κ2) is 18.6. The summed E-state index contributed by atoms with van der Waals surface area (Å²) in [6, 6.07) is 11.7. The van der Waals surface area contributed by atoms with Crippen LogP contribution in [0.4, 0.5) is 15.9 Å². The van der Waals surface area contributed by atoms with Crippen molar-refractivity contribution in [3.05, 3.63) is 75.7 Å². The standard InChI is InChI=1S/C42H47ClFN9O7/c1-59-38(54)11-9-35(39(46)55)53-41(57)30-21-33(44)36(22-31(30)42(53)58)51-18-16-50(17-19-51)24-25-12-14-52(15-13-25)37-10-8-34(48-49-37)40(56)47-27-3-6-28(7-4-27)60-29-5-2-26(23-45)32(43)20-29/h2,5,8,10,20-22,25,27-28,35H,3-4,6-7,9,11-19,24H2,1H3,(H2,46,55)(H,47,56)/t27-,28-,35?. The summed E-state index contributed by atoms with van der Waals surface area (Å²) >= 11 is 6.14. The van der Waals surface area contributed by atoms with E-state index in [2.05, 4.69) is 30.1 Å². The maximum atomic E-state index is 15.5. The zero-order valence-corrected chi connectivity index (χ0v) is 34.0. The van der Waals surface area contributed by atoms with Crippen molar-refractivity contribution in [3.8, 4) is 11.8 Å². The first kappa shape index (κ1) is 42.3. The summed E-state index contributed by atoms with van der Waals surface area (Å²) in [6.45, 7) is 4.90. The van der Waals surface area contributed by atoms with Crippen molar-refractivity contribution in [1.82, 2.24) is 25.3 Å². The van der Waals surface area contributed by atoms with Crippen molar-refractivity contribution < 1.29 is 37.8 Å². The first-order valence-corrected chi connectivity index (χ1v) is 20.6. The minimum Gasteiger partial charge on any atom is -0.490 e. The van der Waals surface area contributed by atoms with Crippen molar-refractivity contribution in [2.24, 2.45) is 11.7 Å². The minimum absolute atomic E-state index is 0.0000856. The molecule has 0 radical (unpaired) electrons. The van der Waals surface area contributed by atoms with Crippen molar-refractivity contribution in [1.29, 1.82) is 5.26 Å². The van der Waals surface area contributed by atoms with Crippen molar-refractivity contribution >= 4 is 52.7 Å². The van der Waals surface area contributed by atoms with Crippen molar-refractivity contribution in [2.75, 3.05) is 62.7 Å². The molecule has 1 aromatic heterocycles. The largest absolute Gasteiger partial charge is 0.490 e. The van der Waals surface area contributed by atoms with Gasteiger partial charge in [-0.2, -0.15) is 5.26 Å². The Kier molecular flexibility index (Phi) is 13.1. The van der Waals surface area contributed by atoms with Crippen LogP contribution in [0, 0.1) is 23.1 Å².